The van der Waals surface area contributed by atoms with E-state index in [0.717, 1.165) is 0 Å². The van der Waals surface area contributed by atoms with Crippen molar-refractivity contribution in [3.63, 3.8) is 0 Å². The topological polar surface area (TPSA) is 86.2 Å². The molecule has 4 N–H and O–H groups in total. The second kappa shape index (κ2) is 2.83. The van der Waals surface area contributed by atoms with Gasteiger partial charge in [-0.25, -0.2) is 8.42 Å². The second-order valence-corrected chi connectivity index (χ2v) is 4.88. The number of nitrogens with two attached hydrogens (primary N) is 2. The van der Waals surface area contributed by atoms with Crippen molar-refractivity contribution in [3.05, 3.63) is 29.2 Å². The lowest BCUT2D eigenvalue weighted by Gasteiger charge is -2.04. The van der Waals surface area contributed by atoms with Gasteiger partial charge in [0.1, 0.15) is 0 Å². The van der Waals surface area contributed by atoms with Crippen molar-refractivity contribution < 1.29 is 8.42 Å². The zero-order chi connectivity index (χ0) is 10.3. The Bertz CT molecular complexity index is 518. The van der Waals surface area contributed by atoms with Gasteiger partial charge in [-0.2, -0.15) is 0 Å². The Morgan fingerprint density at radius 3 is 2.64 bits per heavy atom. The van der Waals surface area contributed by atoms with Gasteiger partial charge < -0.3 is 11.5 Å². The quantitative estimate of drug-likeness (QED) is 0.655. The van der Waals surface area contributed by atoms with Gasteiger partial charge in [0.2, 0.25) is 9.84 Å². The molecule has 14 heavy (non-hydrogen) atoms. The van der Waals surface area contributed by atoms with Gasteiger partial charge in [-0.05, 0) is 17.7 Å². The molecule has 0 spiro atoms. The van der Waals surface area contributed by atoms with Crippen LogP contribution < -0.4 is 11.5 Å². The SMILES string of the molecule is NCC1=CS(=O)(=O)c2cccc(N)c21. The number of nitrogen functional groups attached to an aromatic ring is 1. The van der Waals surface area contributed by atoms with Crippen molar-refractivity contribution in [2.24, 2.45) is 5.73 Å². The third kappa shape index (κ3) is 1.13. The van der Waals surface area contributed by atoms with E-state index in [9.17, 15) is 8.42 Å². The van der Waals surface area contributed by atoms with Gasteiger partial charge in [0.25, 0.3) is 0 Å². The van der Waals surface area contributed by atoms with Gasteiger partial charge >= 0.3 is 0 Å². The molecule has 2 rings (SSSR count). The highest BCUT2D eigenvalue weighted by molar-refractivity contribution is 7.95. The lowest BCUT2D eigenvalue weighted by atomic mass is 10.1. The van der Waals surface area contributed by atoms with Crippen molar-refractivity contribution in [3.8, 4) is 0 Å². The summed E-state index contributed by atoms with van der Waals surface area (Å²) in [5.74, 6) is 0. The molecule has 0 fully saturated rings. The van der Waals surface area contributed by atoms with Crippen molar-refractivity contribution in [2.75, 3.05) is 12.3 Å². The number of hydrogen-bond donors (Lipinski definition) is 2. The third-order valence-electron chi connectivity index (χ3n) is 2.20. The molecule has 1 aliphatic heterocycles. The Kier molecular flexibility index (Phi) is 1.87. The number of hydrogen-bond acceptors (Lipinski definition) is 4. The van der Waals surface area contributed by atoms with Crippen LogP contribution in [0.25, 0.3) is 5.57 Å². The summed E-state index contributed by atoms with van der Waals surface area (Å²) >= 11 is 0. The predicted octanol–water partition coefficient (Wildman–Crippen LogP) is 0.356. The minimum atomic E-state index is -3.31. The molecule has 1 heterocycles. The highest BCUT2D eigenvalue weighted by atomic mass is 32.2. The van der Waals surface area contributed by atoms with Crippen LogP contribution in [0.5, 0.6) is 0 Å². The fraction of sp³-hybridized carbons (Fsp3) is 0.111. The maximum atomic E-state index is 11.6. The Balaban J connectivity index is 2.82. The molecule has 1 aliphatic rings. The summed E-state index contributed by atoms with van der Waals surface area (Å²) in [5, 5.41) is 1.19. The summed E-state index contributed by atoms with van der Waals surface area (Å²) < 4.78 is 23.2. The first kappa shape index (κ1) is 9.23. The Morgan fingerprint density at radius 1 is 1.29 bits per heavy atom. The number of anilines is 1. The van der Waals surface area contributed by atoms with E-state index in [1.165, 1.54) is 5.41 Å². The Hall–Kier alpha value is -1.33. The average Bonchev–Trinajstić information content (AvgIpc) is 2.40. The first-order chi connectivity index (χ1) is 6.56. The van der Waals surface area contributed by atoms with E-state index in [0.29, 0.717) is 16.8 Å². The molecule has 0 atom stereocenters. The maximum absolute atomic E-state index is 11.6. The molecule has 0 bridgehead atoms. The van der Waals surface area contributed by atoms with Crippen LogP contribution >= 0.6 is 0 Å². The highest BCUT2D eigenvalue weighted by Gasteiger charge is 2.27. The first-order valence-electron chi connectivity index (χ1n) is 4.11. The molecule has 0 unspecified atom stereocenters. The van der Waals surface area contributed by atoms with Gasteiger partial charge in [-0.1, -0.05) is 6.07 Å². The number of benzene rings is 1. The lowest BCUT2D eigenvalue weighted by molar-refractivity contribution is 0.605. The maximum Gasteiger partial charge on any atom is 0.200 e. The van der Waals surface area contributed by atoms with Gasteiger partial charge in [-0.3, -0.25) is 0 Å². The molecule has 0 aliphatic carbocycles. The van der Waals surface area contributed by atoms with E-state index in [2.05, 4.69) is 0 Å². The average molecular weight is 210 g/mol. The molecule has 5 heteroatoms. The minimum absolute atomic E-state index is 0.181. The lowest BCUT2D eigenvalue weighted by Crippen LogP contribution is -2.03. The zero-order valence-corrected chi connectivity index (χ0v) is 8.21. The van der Waals surface area contributed by atoms with Crippen LogP contribution in [0.4, 0.5) is 5.69 Å². The van der Waals surface area contributed by atoms with E-state index in [1.807, 2.05) is 0 Å². The largest absolute Gasteiger partial charge is 0.398 e. The van der Waals surface area contributed by atoms with Gasteiger partial charge in [0.05, 0.1) is 4.90 Å². The first-order valence-corrected chi connectivity index (χ1v) is 5.65. The smallest absolute Gasteiger partial charge is 0.200 e. The van der Waals surface area contributed by atoms with Gasteiger partial charge in [0, 0.05) is 23.2 Å². The molecule has 0 saturated carbocycles. The van der Waals surface area contributed by atoms with Crippen LogP contribution in [-0.2, 0) is 9.84 Å². The molecule has 0 saturated heterocycles. The second-order valence-electron chi connectivity index (χ2n) is 3.11. The third-order valence-corrected chi connectivity index (χ3v) is 3.75. The zero-order valence-electron chi connectivity index (χ0n) is 7.40. The number of fused-ring (bicyclic) bond motifs is 1. The summed E-state index contributed by atoms with van der Waals surface area (Å²) in [4.78, 5) is 0.262. The van der Waals surface area contributed by atoms with Crippen LogP contribution in [0, 0.1) is 0 Å². The summed E-state index contributed by atoms with van der Waals surface area (Å²) in [6, 6.07) is 4.84. The molecular weight excluding hydrogens is 200 g/mol. The molecule has 1 aromatic carbocycles. The molecule has 0 amide bonds. The molecule has 1 aromatic rings. The number of rotatable bonds is 1. The van der Waals surface area contributed by atoms with Crippen LogP contribution in [0.15, 0.2) is 28.5 Å². The molecule has 0 aromatic heterocycles. The monoisotopic (exact) mass is 210 g/mol. The Morgan fingerprint density at radius 2 is 2.00 bits per heavy atom. The van der Waals surface area contributed by atoms with E-state index >= 15 is 0 Å². The molecular formula is C9H10N2O2S. The normalized spacial score (nSPS) is 17.6. The van der Waals surface area contributed by atoms with E-state index in [4.69, 9.17) is 11.5 Å². The van der Waals surface area contributed by atoms with Crippen LogP contribution in [0.1, 0.15) is 5.56 Å². The summed E-state index contributed by atoms with van der Waals surface area (Å²) in [6.07, 6.45) is 0. The van der Waals surface area contributed by atoms with Crippen LogP contribution in [0.3, 0.4) is 0 Å². The van der Waals surface area contributed by atoms with Crippen molar-refractivity contribution in [2.45, 2.75) is 4.90 Å². The van der Waals surface area contributed by atoms with Crippen molar-refractivity contribution >= 4 is 21.1 Å². The fourth-order valence-electron chi connectivity index (χ4n) is 1.59. The van der Waals surface area contributed by atoms with E-state index in [-0.39, 0.29) is 11.4 Å². The predicted molar refractivity (Wildman–Crippen MR) is 55.1 cm³/mol. The van der Waals surface area contributed by atoms with Gasteiger partial charge in [0.15, 0.2) is 0 Å². The van der Waals surface area contributed by atoms with Crippen molar-refractivity contribution in [1.82, 2.24) is 0 Å². The molecule has 4 nitrogen and oxygen atoms in total. The standard InChI is InChI=1S/C9H10N2O2S/c10-4-6-5-14(12,13)8-3-1-2-7(11)9(6)8/h1-3,5H,4,10-11H2. The van der Waals surface area contributed by atoms with Gasteiger partial charge in [-0.15, -0.1) is 0 Å². The summed E-state index contributed by atoms with van der Waals surface area (Å²) in [7, 11) is -3.31. The molecule has 74 valence electrons. The van der Waals surface area contributed by atoms with Crippen LogP contribution in [0.2, 0.25) is 0 Å². The minimum Gasteiger partial charge on any atom is -0.398 e. The summed E-state index contributed by atoms with van der Waals surface area (Å²) in [5.41, 5.74) is 12.8. The fourth-order valence-corrected chi connectivity index (χ4v) is 3.11. The van der Waals surface area contributed by atoms with E-state index in [1.54, 1.807) is 18.2 Å². The van der Waals surface area contributed by atoms with Crippen molar-refractivity contribution in [1.29, 1.82) is 0 Å². The number of sulfone groups is 1. The van der Waals surface area contributed by atoms with Crippen LogP contribution in [-0.4, -0.2) is 15.0 Å². The Labute approximate surface area is 82.1 Å². The highest BCUT2D eigenvalue weighted by Crippen LogP contribution is 2.36. The molecule has 0 radical (unpaired) electrons. The summed E-state index contributed by atoms with van der Waals surface area (Å²) in [6.45, 7) is 0.181. The van der Waals surface area contributed by atoms with E-state index < -0.39 is 9.84 Å².